The first-order chi connectivity index (χ1) is 11.0. The topological polar surface area (TPSA) is 46.9 Å². The molecule has 0 spiro atoms. The standard InChI is InChI=1S/C19H21N3O/c1-13(2)21-19(23)16-8-9-17-11-20-22(18(17)10-16)12-15-6-4-14(3)5-7-15/h4-11,13H,12H2,1-3H3,(H,21,23). The number of hydrogen-bond acceptors (Lipinski definition) is 2. The number of aromatic nitrogens is 2. The van der Waals surface area contributed by atoms with E-state index in [-0.39, 0.29) is 11.9 Å². The van der Waals surface area contributed by atoms with Gasteiger partial charge in [0.2, 0.25) is 0 Å². The molecular formula is C19H21N3O. The van der Waals surface area contributed by atoms with Crippen LogP contribution in [0, 0.1) is 6.92 Å². The highest BCUT2D eigenvalue weighted by Crippen LogP contribution is 2.17. The Hall–Kier alpha value is -2.62. The Balaban J connectivity index is 1.92. The molecule has 2 aromatic carbocycles. The third-order valence-corrected chi connectivity index (χ3v) is 3.78. The molecule has 0 atom stereocenters. The molecular weight excluding hydrogens is 286 g/mol. The van der Waals surface area contributed by atoms with Crippen LogP contribution in [0.3, 0.4) is 0 Å². The third kappa shape index (κ3) is 3.42. The van der Waals surface area contributed by atoms with E-state index in [4.69, 9.17) is 0 Å². The number of nitrogens with one attached hydrogen (secondary N) is 1. The number of carbonyl (C=O) groups excluding carboxylic acids is 1. The lowest BCUT2D eigenvalue weighted by atomic mass is 10.1. The Morgan fingerprint density at radius 1 is 1.17 bits per heavy atom. The molecule has 0 aliphatic rings. The molecule has 0 aliphatic heterocycles. The van der Waals surface area contributed by atoms with Crippen LogP contribution in [-0.2, 0) is 6.54 Å². The van der Waals surface area contributed by atoms with Gasteiger partial charge in [-0.1, -0.05) is 35.9 Å². The van der Waals surface area contributed by atoms with Crippen molar-refractivity contribution >= 4 is 16.8 Å². The maximum absolute atomic E-state index is 12.2. The number of fused-ring (bicyclic) bond motifs is 1. The normalized spacial score (nSPS) is 11.1. The molecule has 1 amide bonds. The maximum Gasteiger partial charge on any atom is 0.251 e. The predicted molar refractivity (Wildman–Crippen MR) is 92.6 cm³/mol. The molecule has 3 aromatic rings. The Morgan fingerprint density at radius 3 is 2.61 bits per heavy atom. The van der Waals surface area contributed by atoms with Gasteiger partial charge in [0.05, 0.1) is 18.3 Å². The van der Waals surface area contributed by atoms with Crippen molar-refractivity contribution in [1.82, 2.24) is 15.1 Å². The summed E-state index contributed by atoms with van der Waals surface area (Å²) in [5, 5.41) is 8.42. The van der Waals surface area contributed by atoms with E-state index in [1.165, 1.54) is 11.1 Å². The second kappa shape index (κ2) is 6.24. The van der Waals surface area contributed by atoms with E-state index in [0.717, 1.165) is 10.9 Å². The van der Waals surface area contributed by atoms with Gasteiger partial charge in [-0.3, -0.25) is 9.48 Å². The first-order valence-electron chi connectivity index (χ1n) is 7.85. The number of carbonyl (C=O) groups is 1. The molecule has 118 valence electrons. The average Bonchev–Trinajstić information content (AvgIpc) is 2.91. The Kier molecular flexibility index (Phi) is 4.15. The average molecular weight is 307 g/mol. The second-order valence-corrected chi connectivity index (χ2v) is 6.19. The molecule has 4 heteroatoms. The zero-order chi connectivity index (χ0) is 16.4. The first-order valence-corrected chi connectivity index (χ1v) is 7.85. The van der Waals surface area contributed by atoms with Crippen molar-refractivity contribution in [2.75, 3.05) is 0 Å². The number of nitrogens with zero attached hydrogens (tertiary/aromatic N) is 2. The summed E-state index contributed by atoms with van der Waals surface area (Å²) in [6.45, 7) is 6.68. The summed E-state index contributed by atoms with van der Waals surface area (Å²) in [5.41, 5.74) is 4.07. The quantitative estimate of drug-likeness (QED) is 0.801. The van der Waals surface area contributed by atoms with Crippen LogP contribution in [0.1, 0.15) is 35.3 Å². The van der Waals surface area contributed by atoms with Crippen molar-refractivity contribution in [2.24, 2.45) is 0 Å². The summed E-state index contributed by atoms with van der Waals surface area (Å²) in [6.07, 6.45) is 1.84. The molecule has 0 aliphatic carbocycles. The van der Waals surface area contributed by atoms with E-state index in [9.17, 15) is 4.79 Å². The summed E-state index contributed by atoms with van der Waals surface area (Å²) in [5.74, 6) is -0.0509. The lowest BCUT2D eigenvalue weighted by molar-refractivity contribution is 0.0943. The van der Waals surface area contributed by atoms with E-state index in [1.807, 2.05) is 42.9 Å². The van der Waals surface area contributed by atoms with Gasteiger partial charge in [-0.25, -0.2) is 0 Å². The largest absolute Gasteiger partial charge is 0.350 e. The van der Waals surface area contributed by atoms with Crippen molar-refractivity contribution in [1.29, 1.82) is 0 Å². The summed E-state index contributed by atoms with van der Waals surface area (Å²) in [6, 6.07) is 14.2. The number of benzene rings is 2. The van der Waals surface area contributed by atoms with Gasteiger partial charge in [0, 0.05) is 17.0 Å². The van der Waals surface area contributed by atoms with Crippen molar-refractivity contribution in [2.45, 2.75) is 33.4 Å². The summed E-state index contributed by atoms with van der Waals surface area (Å²) >= 11 is 0. The molecule has 0 bridgehead atoms. The number of rotatable bonds is 4. The van der Waals surface area contributed by atoms with Crippen LogP contribution in [0.15, 0.2) is 48.7 Å². The summed E-state index contributed by atoms with van der Waals surface area (Å²) < 4.78 is 1.94. The fourth-order valence-corrected chi connectivity index (χ4v) is 2.55. The van der Waals surface area contributed by atoms with Crippen LogP contribution in [0.4, 0.5) is 0 Å². The predicted octanol–water partition coefficient (Wildman–Crippen LogP) is 3.53. The van der Waals surface area contributed by atoms with E-state index >= 15 is 0 Å². The molecule has 0 fully saturated rings. The smallest absolute Gasteiger partial charge is 0.251 e. The first kappa shape index (κ1) is 15.3. The van der Waals surface area contributed by atoms with E-state index in [2.05, 4.69) is 41.6 Å². The highest BCUT2D eigenvalue weighted by Gasteiger charge is 2.10. The summed E-state index contributed by atoms with van der Waals surface area (Å²) in [7, 11) is 0. The van der Waals surface area contributed by atoms with Crippen LogP contribution in [0.25, 0.3) is 10.9 Å². The molecule has 3 rings (SSSR count). The molecule has 1 aromatic heterocycles. The van der Waals surface area contributed by atoms with Gasteiger partial charge in [-0.05, 0) is 38.5 Å². The van der Waals surface area contributed by atoms with E-state index in [1.54, 1.807) is 0 Å². The van der Waals surface area contributed by atoms with Crippen molar-refractivity contribution in [3.05, 3.63) is 65.4 Å². The number of amides is 1. The Morgan fingerprint density at radius 2 is 1.91 bits per heavy atom. The molecule has 0 unspecified atom stereocenters. The highest BCUT2D eigenvalue weighted by molar-refractivity contribution is 5.97. The molecule has 1 N–H and O–H groups in total. The summed E-state index contributed by atoms with van der Waals surface area (Å²) in [4.78, 5) is 12.2. The lowest BCUT2D eigenvalue weighted by Gasteiger charge is -2.09. The van der Waals surface area contributed by atoms with Gasteiger partial charge in [0.25, 0.3) is 5.91 Å². The van der Waals surface area contributed by atoms with Gasteiger partial charge in [-0.15, -0.1) is 0 Å². The van der Waals surface area contributed by atoms with E-state index in [0.29, 0.717) is 12.1 Å². The molecule has 4 nitrogen and oxygen atoms in total. The van der Waals surface area contributed by atoms with Gasteiger partial charge in [0.1, 0.15) is 0 Å². The molecule has 0 radical (unpaired) electrons. The van der Waals surface area contributed by atoms with Gasteiger partial charge in [0.15, 0.2) is 0 Å². The molecule has 0 saturated carbocycles. The van der Waals surface area contributed by atoms with Crippen LogP contribution in [0.2, 0.25) is 0 Å². The minimum absolute atomic E-state index is 0.0509. The number of aryl methyl sites for hydroxylation is 1. The van der Waals surface area contributed by atoms with E-state index < -0.39 is 0 Å². The SMILES string of the molecule is Cc1ccc(Cn2ncc3ccc(C(=O)NC(C)C)cc32)cc1. The maximum atomic E-state index is 12.2. The minimum atomic E-state index is -0.0509. The fraction of sp³-hybridized carbons (Fsp3) is 0.263. The monoisotopic (exact) mass is 307 g/mol. The minimum Gasteiger partial charge on any atom is -0.350 e. The highest BCUT2D eigenvalue weighted by atomic mass is 16.1. The molecule has 0 saturated heterocycles. The number of hydrogen-bond donors (Lipinski definition) is 1. The Bertz CT molecular complexity index is 831. The lowest BCUT2D eigenvalue weighted by Crippen LogP contribution is -2.30. The fourth-order valence-electron chi connectivity index (χ4n) is 2.55. The zero-order valence-electron chi connectivity index (χ0n) is 13.7. The van der Waals surface area contributed by atoms with Gasteiger partial charge < -0.3 is 5.32 Å². The van der Waals surface area contributed by atoms with Crippen LogP contribution < -0.4 is 5.32 Å². The van der Waals surface area contributed by atoms with Gasteiger partial charge in [-0.2, -0.15) is 5.10 Å². The van der Waals surface area contributed by atoms with Crippen molar-refractivity contribution in [3.8, 4) is 0 Å². The van der Waals surface area contributed by atoms with Crippen LogP contribution in [0.5, 0.6) is 0 Å². The zero-order valence-corrected chi connectivity index (χ0v) is 13.7. The van der Waals surface area contributed by atoms with Gasteiger partial charge >= 0.3 is 0 Å². The third-order valence-electron chi connectivity index (χ3n) is 3.78. The second-order valence-electron chi connectivity index (χ2n) is 6.19. The van der Waals surface area contributed by atoms with Crippen molar-refractivity contribution < 1.29 is 4.79 Å². The van der Waals surface area contributed by atoms with Crippen molar-refractivity contribution in [3.63, 3.8) is 0 Å². The molecule has 23 heavy (non-hydrogen) atoms. The Labute approximate surface area is 136 Å². The molecule has 1 heterocycles. The van der Waals surface area contributed by atoms with Crippen LogP contribution >= 0.6 is 0 Å². The van der Waals surface area contributed by atoms with Crippen LogP contribution in [-0.4, -0.2) is 21.7 Å².